The van der Waals surface area contributed by atoms with E-state index in [1.165, 1.54) is 0 Å². The second kappa shape index (κ2) is 11.7. The first-order chi connectivity index (χ1) is 15.5. The van der Waals surface area contributed by atoms with Gasteiger partial charge in [-0.1, -0.05) is 78.8 Å². The number of imidazole rings is 1. The van der Waals surface area contributed by atoms with E-state index in [1.54, 1.807) is 30.1 Å². The van der Waals surface area contributed by atoms with Crippen LogP contribution in [0.25, 0.3) is 0 Å². The van der Waals surface area contributed by atoms with Gasteiger partial charge in [0.15, 0.2) is 11.1 Å². The van der Waals surface area contributed by atoms with Crippen molar-refractivity contribution in [3.05, 3.63) is 82.6 Å². The summed E-state index contributed by atoms with van der Waals surface area (Å²) >= 11 is 7.95. The van der Waals surface area contributed by atoms with E-state index in [9.17, 15) is 14.7 Å². The van der Waals surface area contributed by atoms with E-state index in [1.807, 2.05) is 47.0 Å². The second-order valence-corrected chi connectivity index (χ2v) is 8.72. The molecular weight excluding hydrogens is 448 g/mol. The van der Waals surface area contributed by atoms with Crippen LogP contribution in [0.4, 0.5) is 0 Å². The van der Waals surface area contributed by atoms with Gasteiger partial charge in [0.25, 0.3) is 0 Å². The molecule has 0 saturated heterocycles. The van der Waals surface area contributed by atoms with Crippen molar-refractivity contribution in [3.63, 3.8) is 0 Å². The molecule has 0 amide bonds. The van der Waals surface area contributed by atoms with Crippen molar-refractivity contribution in [3.8, 4) is 0 Å². The molecule has 8 heteroatoms. The first-order valence-corrected chi connectivity index (χ1v) is 11.7. The summed E-state index contributed by atoms with van der Waals surface area (Å²) in [5.74, 6) is -2.35. The minimum atomic E-state index is -1.27. The second-order valence-electron chi connectivity index (χ2n) is 7.25. The Labute approximate surface area is 196 Å². The van der Waals surface area contributed by atoms with Crippen molar-refractivity contribution in [1.29, 1.82) is 0 Å². The molecule has 6 nitrogen and oxygen atoms in total. The zero-order valence-electron chi connectivity index (χ0n) is 17.7. The number of aromatic nitrogens is 2. The molecule has 0 fully saturated rings. The van der Waals surface area contributed by atoms with Crippen molar-refractivity contribution in [1.82, 2.24) is 9.55 Å². The highest BCUT2D eigenvalue weighted by atomic mass is 35.5. The summed E-state index contributed by atoms with van der Waals surface area (Å²) in [6.07, 6.45) is 2.73. The number of hydrogen-bond acceptors (Lipinski definition) is 5. The first-order valence-electron chi connectivity index (χ1n) is 10.3. The molecule has 0 aliphatic carbocycles. The van der Waals surface area contributed by atoms with Gasteiger partial charge in [-0.25, -0.2) is 4.98 Å². The number of esters is 1. The quantitative estimate of drug-likeness (QED) is 0.238. The first kappa shape index (κ1) is 23.9. The van der Waals surface area contributed by atoms with Gasteiger partial charge in [-0.3, -0.25) is 9.59 Å². The van der Waals surface area contributed by atoms with Gasteiger partial charge in [-0.2, -0.15) is 0 Å². The van der Waals surface area contributed by atoms with Crippen LogP contribution in [0.1, 0.15) is 30.2 Å². The lowest BCUT2D eigenvalue weighted by Gasteiger charge is -2.15. The fraction of sp³-hybridized carbons (Fsp3) is 0.292. The number of carbonyl (C=O) groups is 2. The molecule has 1 heterocycles. The van der Waals surface area contributed by atoms with Gasteiger partial charge in [0.05, 0.1) is 18.4 Å². The van der Waals surface area contributed by atoms with Crippen LogP contribution in [0.15, 0.2) is 66.0 Å². The molecule has 0 spiro atoms. The SMILES string of the molecule is CCCSc1ncc(COC(=O)C(Cc2ccccc2)C(=O)O)n1Cc1ccccc1Cl. The van der Waals surface area contributed by atoms with Gasteiger partial charge in [-0.15, -0.1) is 0 Å². The number of rotatable bonds is 11. The third-order valence-electron chi connectivity index (χ3n) is 4.85. The number of thioether (sulfide) groups is 1. The number of aliphatic carboxylic acids is 1. The minimum absolute atomic E-state index is 0.0679. The highest BCUT2D eigenvalue weighted by Gasteiger charge is 2.28. The molecule has 1 unspecified atom stereocenters. The van der Waals surface area contributed by atoms with E-state index in [0.717, 1.165) is 28.5 Å². The number of carboxylic acids is 1. The van der Waals surface area contributed by atoms with Crippen molar-refractivity contribution in [2.24, 2.45) is 5.92 Å². The molecule has 1 N–H and O–H groups in total. The summed E-state index contributed by atoms with van der Waals surface area (Å²) in [4.78, 5) is 28.8. The topological polar surface area (TPSA) is 81.4 Å². The summed E-state index contributed by atoms with van der Waals surface area (Å²) in [5, 5.41) is 11.0. The third-order valence-corrected chi connectivity index (χ3v) is 6.42. The van der Waals surface area contributed by atoms with Gasteiger partial charge in [-0.05, 0) is 30.0 Å². The fourth-order valence-electron chi connectivity index (χ4n) is 3.15. The summed E-state index contributed by atoms with van der Waals surface area (Å²) in [6, 6.07) is 16.6. The van der Waals surface area contributed by atoms with Gasteiger partial charge < -0.3 is 14.4 Å². The molecule has 0 radical (unpaired) electrons. The molecule has 0 aliphatic heterocycles. The van der Waals surface area contributed by atoms with Crippen molar-refractivity contribution in [2.45, 2.75) is 38.1 Å². The zero-order valence-corrected chi connectivity index (χ0v) is 19.3. The van der Waals surface area contributed by atoms with Crippen molar-refractivity contribution in [2.75, 3.05) is 5.75 Å². The number of ether oxygens (including phenoxy) is 1. The van der Waals surface area contributed by atoms with Gasteiger partial charge in [0.1, 0.15) is 6.61 Å². The number of carbonyl (C=O) groups excluding carboxylic acids is 1. The Balaban J connectivity index is 1.75. The van der Waals surface area contributed by atoms with E-state index < -0.39 is 17.9 Å². The molecule has 32 heavy (non-hydrogen) atoms. The number of carboxylic acid groups (broad SMARTS) is 1. The van der Waals surface area contributed by atoms with Crippen LogP contribution >= 0.6 is 23.4 Å². The molecule has 1 atom stereocenters. The Morgan fingerprint density at radius 1 is 1.16 bits per heavy atom. The Morgan fingerprint density at radius 3 is 2.56 bits per heavy atom. The van der Waals surface area contributed by atoms with E-state index in [2.05, 4.69) is 11.9 Å². The van der Waals surface area contributed by atoms with Crippen LogP contribution in [0.3, 0.4) is 0 Å². The lowest BCUT2D eigenvalue weighted by molar-refractivity contribution is -0.159. The summed E-state index contributed by atoms with van der Waals surface area (Å²) in [7, 11) is 0. The van der Waals surface area contributed by atoms with E-state index in [0.29, 0.717) is 17.3 Å². The minimum Gasteiger partial charge on any atom is -0.481 e. The average molecular weight is 473 g/mol. The predicted octanol–water partition coefficient (Wildman–Crippen LogP) is 5.07. The normalized spacial score (nSPS) is 11.8. The Bertz CT molecular complexity index is 1060. The van der Waals surface area contributed by atoms with Crippen LogP contribution < -0.4 is 0 Å². The smallest absolute Gasteiger partial charge is 0.321 e. The maximum Gasteiger partial charge on any atom is 0.321 e. The average Bonchev–Trinajstić information content (AvgIpc) is 3.17. The molecule has 0 saturated carbocycles. The van der Waals surface area contributed by atoms with Crippen LogP contribution in [-0.2, 0) is 33.9 Å². The highest BCUT2D eigenvalue weighted by molar-refractivity contribution is 7.99. The Morgan fingerprint density at radius 2 is 1.88 bits per heavy atom. The number of benzene rings is 2. The molecule has 0 bridgehead atoms. The molecular formula is C24H25ClN2O4S. The molecule has 1 aromatic heterocycles. The zero-order chi connectivity index (χ0) is 22.9. The summed E-state index contributed by atoms with van der Waals surface area (Å²) in [5.41, 5.74) is 2.37. The molecule has 0 aliphatic rings. The van der Waals surface area contributed by atoms with Crippen molar-refractivity contribution < 1.29 is 19.4 Å². The summed E-state index contributed by atoms with van der Waals surface area (Å²) in [6.45, 7) is 2.50. The van der Waals surface area contributed by atoms with Crippen LogP contribution in [0.5, 0.6) is 0 Å². The van der Waals surface area contributed by atoms with Crippen LogP contribution in [0, 0.1) is 5.92 Å². The standard InChI is InChI=1S/C24H25ClN2O4S/c1-2-12-32-24-26-14-19(27(24)15-18-10-6-7-11-21(18)25)16-31-23(30)20(22(28)29)13-17-8-4-3-5-9-17/h3-11,14,20H,2,12-13,15-16H2,1H3,(H,28,29). The van der Waals surface area contributed by atoms with Gasteiger partial charge in [0.2, 0.25) is 0 Å². The van der Waals surface area contributed by atoms with E-state index in [4.69, 9.17) is 16.3 Å². The highest BCUT2D eigenvalue weighted by Crippen LogP contribution is 2.24. The Kier molecular flexibility index (Phi) is 8.76. The predicted molar refractivity (Wildman–Crippen MR) is 125 cm³/mol. The number of halogens is 1. The lowest BCUT2D eigenvalue weighted by Crippen LogP contribution is -2.28. The van der Waals surface area contributed by atoms with Crippen LogP contribution in [0.2, 0.25) is 5.02 Å². The number of nitrogens with zero attached hydrogens (tertiary/aromatic N) is 2. The summed E-state index contributed by atoms with van der Waals surface area (Å²) < 4.78 is 7.39. The van der Waals surface area contributed by atoms with E-state index in [-0.39, 0.29) is 13.0 Å². The maximum absolute atomic E-state index is 12.6. The van der Waals surface area contributed by atoms with E-state index >= 15 is 0 Å². The molecule has 2 aromatic carbocycles. The lowest BCUT2D eigenvalue weighted by atomic mass is 10.00. The molecule has 3 aromatic rings. The van der Waals surface area contributed by atoms with Crippen molar-refractivity contribution >= 4 is 35.3 Å². The molecule has 168 valence electrons. The fourth-order valence-corrected chi connectivity index (χ4v) is 4.20. The molecule has 3 rings (SSSR count). The third kappa shape index (κ3) is 6.37. The van der Waals surface area contributed by atoms with Gasteiger partial charge in [0, 0.05) is 10.8 Å². The number of hydrogen-bond donors (Lipinski definition) is 1. The maximum atomic E-state index is 12.6. The van der Waals surface area contributed by atoms with Gasteiger partial charge >= 0.3 is 11.9 Å². The van der Waals surface area contributed by atoms with Crippen LogP contribution in [-0.4, -0.2) is 32.3 Å². The monoisotopic (exact) mass is 472 g/mol. The Hall–Kier alpha value is -2.77. The largest absolute Gasteiger partial charge is 0.481 e.